The Labute approximate surface area is 155 Å². The number of ether oxygens (including phenoxy) is 3. The monoisotopic (exact) mass is 360 g/mol. The molecule has 0 bridgehead atoms. The largest absolute Gasteiger partial charge is 0.481 e. The number of hydrogen-bond acceptors (Lipinski definition) is 4. The Morgan fingerprint density at radius 1 is 1.31 bits per heavy atom. The molecule has 0 aromatic heterocycles. The lowest BCUT2D eigenvalue weighted by Crippen LogP contribution is -2.52. The van der Waals surface area contributed by atoms with Gasteiger partial charge in [0.1, 0.15) is 0 Å². The van der Waals surface area contributed by atoms with Crippen molar-refractivity contribution in [2.45, 2.75) is 75.7 Å². The smallest absolute Gasteiger partial charge is 0.305 e. The summed E-state index contributed by atoms with van der Waals surface area (Å²) in [6, 6.07) is 10.0. The lowest BCUT2D eigenvalue weighted by atomic mass is 9.89. The maximum absolute atomic E-state index is 11.2. The molecular weight excluding hydrogens is 332 g/mol. The maximum Gasteiger partial charge on any atom is 0.305 e. The molecule has 2 heterocycles. The number of benzene rings is 1. The van der Waals surface area contributed by atoms with E-state index in [4.69, 9.17) is 14.2 Å². The minimum atomic E-state index is -0.854. The van der Waals surface area contributed by atoms with Crippen molar-refractivity contribution < 1.29 is 24.1 Å². The van der Waals surface area contributed by atoms with Gasteiger partial charge in [-0.1, -0.05) is 36.4 Å². The summed E-state index contributed by atoms with van der Waals surface area (Å²) >= 11 is 0. The van der Waals surface area contributed by atoms with Crippen LogP contribution in [0.3, 0.4) is 0 Å². The first kappa shape index (κ1) is 19.1. The second-order valence-electron chi connectivity index (χ2n) is 7.26. The number of rotatable bonds is 7. The highest BCUT2D eigenvalue weighted by molar-refractivity contribution is 5.67. The fourth-order valence-corrected chi connectivity index (χ4v) is 3.97. The van der Waals surface area contributed by atoms with E-state index in [-0.39, 0.29) is 24.7 Å². The van der Waals surface area contributed by atoms with Gasteiger partial charge in [-0.3, -0.25) is 4.79 Å². The maximum atomic E-state index is 11.2. The zero-order valence-electron chi connectivity index (χ0n) is 15.1. The molecule has 0 saturated carbocycles. The van der Waals surface area contributed by atoms with Gasteiger partial charge in [0.05, 0.1) is 31.3 Å². The Balaban J connectivity index is 1.68. The molecule has 0 amide bonds. The third-order valence-corrected chi connectivity index (χ3v) is 5.07. The van der Waals surface area contributed by atoms with E-state index in [9.17, 15) is 9.90 Å². The van der Waals surface area contributed by atoms with Gasteiger partial charge in [-0.25, -0.2) is 0 Å². The molecule has 3 rings (SSSR count). The zero-order chi connectivity index (χ0) is 18.4. The van der Waals surface area contributed by atoms with Crippen LogP contribution in [0.15, 0.2) is 43.0 Å². The Hall–Kier alpha value is -1.69. The van der Waals surface area contributed by atoms with Crippen LogP contribution in [-0.4, -0.2) is 35.2 Å². The van der Waals surface area contributed by atoms with Crippen LogP contribution in [0.5, 0.6) is 0 Å². The van der Waals surface area contributed by atoms with E-state index in [0.717, 1.165) is 31.2 Å². The number of aliphatic carboxylic acids is 1. The van der Waals surface area contributed by atoms with Gasteiger partial charge in [-0.2, -0.15) is 0 Å². The van der Waals surface area contributed by atoms with E-state index < -0.39 is 11.8 Å². The fourth-order valence-electron chi connectivity index (χ4n) is 3.97. The minimum absolute atomic E-state index is 0.0254. The lowest BCUT2D eigenvalue weighted by Gasteiger charge is -2.48. The van der Waals surface area contributed by atoms with E-state index in [1.807, 2.05) is 36.4 Å². The summed E-state index contributed by atoms with van der Waals surface area (Å²) in [5.74, 6) is -1.58. The quantitative estimate of drug-likeness (QED) is 0.743. The molecule has 1 spiro atoms. The Bertz CT molecular complexity index is 602. The molecule has 0 aliphatic carbocycles. The van der Waals surface area contributed by atoms with Gasteiger partial charge in [0.25, 0.3) is 0 Å². The van der Waals surface area contributed by atoms with Crippen molar-refractivity contribution in [3.8, 4) is 0 Å². The van der Waals surface area contributed by atoms with Crippen LogP contribution in [0, 0.1) is 0 Å². The summed E-state index contributed by atoms with van der Waals surface area (Å²) in [5, 5.41) is 9.21. The van der Waals surface area contributed by atoms with Crippen molar-refractivity contribution in [2.75, 3.05) is 0 Å². The van der Waals surface area contributed by atoms with Crippen molar-refractivity contribution in [2.24, 2.45) is 0 Å². The summed E-state index contributed by atoms with van der Waals surface area (Å²) in [6.07, 6.45) is 6.24. The van der Waals surface area contributed by atoms with Crippen LogP contribution >= 0.6 is 0 Å². The average Bonchev–Trinajstić information content (AvgIpc) is 2.60. The number of hydrogen-bond donors (Lipinski definition) is 1. The first-order valence-corrected chi connectivity index (χ1v) is 9.42. The van der Waals surface area contributed by atoms with Crippen LogP contribution in [0.4, 0.5) is 0 Å². The van der Waals surface area contributed by atoms with E-state index >= 15 is 0 Å². The van der Waals surface area contributed by atoms with Crippen molar-refractivity contribution in [1.82, 2.24) is 0 Å². The van der Waals surface area contributed by atoms with Crippen LogP contribution in [-0.2, 0) is 25.6 Å². The van der Waals surface area contributed by atoms with Crippen molar-refractivity contribution in [3.63, 3.8) is 0 Å². The Kier molecular flexibility index (Phi) is 6.46. The number of carboxylic acid groups (broad SMARTS) is 1. The van der Waals surface area contributed by atoms with Gasteiger partial charge in [0.15, 0.2) is 5.79 Å². The van der Waals surface area contributed by atoms with Crippen molar-refractivity contribution in [1.29, 1.82) is 0 Å². The molecule has 26 heavy (non-hydrogen) atoms. The topological polar surface area (TPSA) is 65.0 Å². The second-order valence-corrected chi connectivity index (χ2v) is 7.26. The predicted octanol–water partition coefficient (Wildman–Crippen LogP) is 4.07. The minimum Gasteiger partial charge on any atom is -0.481 e. The van der Waals surface area contributed by atoms with Gasteiger partial charge >= 0.3 is 5.97 Å². The Morgan fingerprint density at radius 2 is 2.08 bits per heavy atom. The summed E-state index contributed by atoms with van der Waals surface area (Å²) in [4.78, 5) is 11.2. The molecule has 5 heteroatoms. The van der Waals surface area contributed by atoms with Gasteiger partial charge in [-0.15, -0.1) is 6.58 Å². The molecule has 4 atom stereocenters. The predicted molar refractivity (Wildman–Crippen MR) is 97.6 cm³/mol. The number of carboxylic acids is 1. The summed E-state index contributed by atoms with van der Waals surface area (Å²) in [7, 11) is 0. The molecule has 1 aromatic rings. The van der Waals surface area contributed by atoms with Gasteiger partial charge in [-0.05, 0) is 24.8 Å². The van der Waals surface area contributed by atoms with E-state index in [1.54, 1.807) is 0 Å². The van der Waals surface area contributed by atoms with Crippen LogP contribution in [0.25, 0.3) is 0 Å². The summed E-state index contributed by atoms with van der Waals surface area (Å²) in [5.41, 5.74) is 1.11. The van der Waals surface area contributed by atoms with Crippen molar-refractivity contribution >= 4 is 5.97 Å². The zero-order valence-corrected chi connectivity index (χ0v) is 15.1. The molecule has 0 radical (unpaired) electrons. The third kappa shape index (κ3) is 5.16. The van der Waals surface area contributed by atoms with E-state index in [0.29, 0.717) is 19.4 Å². The molecular formula is C21H28O5. The standard InChI is InChI=1S/C21H28O5/c1-2-7-17-10-6-11-21(25-17)14-19(12-18(26-21)13-20(22)23)24-15-16-8-4-3-5-9-16/h2-5,8-9,17-19H,1,6-7,10-15H2,(H,22,23). The summed E-state index contributed by atoms with van der Waals surface area (Å²) in [6.45, 7) is 4.31. The summed E-state index contributed by atoms with van der Waals surface area (Å²) < 4.78 is 18.6. The van der Waals surface area contributed by atoms with E-state index in [1.165, 1.54) is 0 Å². The highest BCUT2D eigenvalue weighted by Gasteiger charge is 2.46. The molecule has 142 valence electrons. The molecule has 2 saturated heterocycles. The lowest BCUT2D eigenvalue weighted by molar-refractivity contribution is -0.329. The highest BCUT2D eigenvalue weighted by atomic mass is 16.7. The normalized spacial score (nSPS) is 31.6. The van der Waals surface area contributed by atoms with Crippen LogP contribution in [0.1, 0.15) is 50.5 Å². The first-order valence-electron chi connectivity index (χ1n) is 9.42. The van der Waals surface area contributed by atoms with Crippen LogP contribution in [0.2, 0.25) is 0 Å². The van der Waals surface area contributed by atoms with Gasteiger partial charge in [0.2, 0.25) is 0 Å². The molecule has 2 aliphatic heterocycles. The fraction of sp³-hybridized carbons (Fsp3) is 0.571. The van der Waals surface area contributed by atoms with Crippen molar-refractivity contribution in [3.05, 3.63) is 48.6 Å². The molecule has 4 unspecified atom stereocenters. The third-order valence-electron chi connectivity index (χ3n) is 5.07. The molecule has 2 fully saturated rings. The second kappa shape index (κ2) is 8.80. The van der Waals surface area contributed by atoms with Gasteiger partial charge in [0, 0.05) is 19.3 Å². The highest BCUT2D eigenvalue weighted by Crippen LogP contribution is 2.41. The molecule has 2 aliphatic rings. The number of carbonyl (C=O) groups is 1. The Morgan fingerprint density at radius 3 is 2.81 bits per heavy atom. The first-order chi connectivity index (χ1) is 12.6. The molecule has 1 aromatic carbocycles. The van der Waals surface area contributed by atoms with Crippen LogP contribution < -0.4 is 0 Å². The van der Waals surface area contributed by atoms with Gasteiger partial charge < -0.3 is 19.3 Å². The molecule has 5 nitrogen and oxygen atoms in total. The van der Waals surface area contributed by atoms with E-state index in [2.05, 4.69) is 6.58 Å². The molecule has 1 N–H and O–H groups in total. The SMILES string of the molecule is C=CCC1CCCC2(CC(OCc3ccccc3)CC(CC(=O)O)O2)O1. The average molecular weight is 360 g/mol.